The number of rotatable bonds is 3. The SMILES string of the molecule is C#CCNC(=O)Cn1c(C)cc2ccccc21. The molecule has 1 aromatic carbocycles. The summed E-state index contributed by atoms with van der Waals surface area (Å²) in [4.78, 5) is 11.6. The fraction of sp³-hybridized carbons (Fsp3) is 0.214. The summed E-state index contributed by atoms with van der Waals surface area (Å²) in [6.07, 6.45) is 5.10. The summed E-state index contributed by atoms with van der Waals surface area (Å²) in [5.41, 5.74) is 2.14. The molecular weight excluding hydrogens is 212 g/mol. The molecule has 0 radical (unpaired) electrons. The van der Waals surface area contributed by atoms with E-state index in [1.165, 1.54) is 0 Å². The Bertz CT molecular complexity index is 590. The minimum atomic E-state index is -0.0626. The number of benzene rings is 1. The van der Waals surface area contributed by atoms with E-state index >= 15 is 0 Å². The molecular formula is C14H14N2O. The number of nitrogens with one attached hydrogen (secondary N) is 1. The van der Waals surface area contributed by atoms with Gasteiger partial charge in [0, 0.05) is 11.2 Å². The van der Waals surface area contributed by atoms with Crippen molar-refractivity contribution in [3.63, 3.8) is 0 Å². The van der Waals surface area contributed by atoms with E-state index < -0.39 is 0 Å². The van der Waals surface area contributed by atoms with Gasteiger partial charge in [0.1, 0.15) is 6.54 Å². The lowest BCUT2D eigenvalue weighted by molar-refractivity contribution is -0.121. The van der Waals surface area contributed by atoms with Crippen molar-refractivity contribution in [3.05, 3.63) is 36.0 Å². The number of hydrogen-bond donors (Lipinski definition) is 1. The zero-order valence-electron chi connectivity index (χ0n) is 9.73. The second kappa shape index (κ2) is 4.75. The fourth-order valence-corrected chi connectivity index (χ4v) is 1.91. The molecule has 0 saturated carbocycles. The highest BCUT2D eigenvalue weighted by atomic mass is 16.1. The van der Waals surface area contributed by atoms with Gasteiger partial charge < -0.3 is 9.88 Å². The maximum Gasteiger partial charge on any atom is 0.240 e. The largest absolute Gasteiger partial charge is 0.344 e. The number of aromatic nitrogens is 1. The lowest BCUT2D eigenvalue weighted by Crippen LogP contribution is -2.28. The van der Waals surface area contributed by atoms with Crippen molar-refractivity contribution in [2.75, 3.05) is 6.54 Å². The van der Waals surface area contributed by atoms with Gasteiger partial charge in [0.2, 0.25) is 5.91 Å². The summed E-state index contributed by atoms with van der Waals surface area (Å²) < 4.78 is 1.99. The number of carbonyl (C=O) groups excluding carboxylic acids is 1. The first-order chi connectivity index (χ1) is 8.22. The first-order valence-corrected chi connectivity index (χ1v) is 5.47. The third kappa shape index (κ3) is 2.31. The molecule has 1 heterocycles. The molecule has 0 spiro atoms. The molecule has 2 rings (SSSR count). The molecule has 1 aromatic heterocycles. The van der Waals surface area contributed by atoms with Gasteiger partial charge in [-0.1, -0.05) is 24.1 Å². The number of aryl methyl sites for hydroxylation is 1. The van der Waals surface area contributed by atoms with Gasteiger partial charge in [-0.25, -0.2) is 0 Å². The van der Waals surface area contributed by atoms with Crippen molar-refractivity contribution in [2.45, 2.75) is 13.5 Å². The number of terminal acetylenes is 1. The minimum Gasteiger partial charge on any atom is -0.344 e. The Kier molecular flexibility index (Phi) is 3.15. The van der Waals surface area contributed by atoms with Crippen molar-refractivity contribution in [1.82, 2.24) is 9.88 Å². The summed E-state index contributed by atoms with van der Waals surface area (Å²) in [7, 11) is 0. The molecule has 0 fully saturated rings. The summed E-state index contributed by atoms with van der Waals surface area (Å²) in [6, 6.07) is 10.1. The Balaban J connectivity index is 2.27. The van der Waals surface area contributed by atoms with E-state index in [1.54, 1.807) is 0 Å². The number of hydrogen-bond acceptors (Lipinski definition) is 1. The standard InChI is InChI=1S/C14H14N2O/c1-3-8-15-14(17)10-16-11(2)9-12-6-4-5-7-13(12)16/h1,4-7,9H,8,10H2,2H3,(H,15,17). The molecule has 2 aromatic rings. The summed E-state index contributed by atoms with van der Waals surface area (Å²) in [6.45, 7) is 2.58. The van der Waals surface area contributed by atoms with E-state index in [1.807, 2.05) is 35.8 Å². The maximum absolute atomic E-state index is 11.6. The Labute approximate surface area is 100 Å². The van der Waals surface area contributed by atoms with E-state index in [-0.39, 0.29) is 12.5 Å². The Morgan fingerprint density at radius 3 is 3.00 bits per heavy atom. The predicted molar refractivity (Wildman–Crippen MR) is 68.5 cm³/mol. The quantitative estimate of drug-likeness (QED) is 0.794. The number of nitrogens with zero attached hydrogens (tertiary/aromatic N) is 1. The number of fused-ring (bicyclic) bond motifs is 1. The predicted octanol–water partition coefficient (Wildman–Crippen LogP) is 1.70. The average molecular weight is 226 g/mol. The third-order valence-electron chi connectivity index (χ3n) is 2.71. The van der Waals surface area contributed by atoms with E-state index in [4.69, 9.17) is 6.42 Å². The highest BCUT2D eigenvalue weighted by Crippen LogP contribution is 2.18. The summed E-state index contributed by atoms with van der Waals surface area (Å²) in [5, 5.41) is 3.81. The van der Waals surface area contributed by atoms with Crippen LogP contribution in [-0.2, 0) is 11.3 Å². The van der Waals surface area contributed by atoms with Crippen LogP contribution >= 0.6 is 0 Å². The molecule has 3 heteroatoms. The van der Waals surface area contributed by atoms with Gasteiger partial charge >= 0.3 is 0 Å². The Hall–Kier alpha value is -2.21. The van der Waals surface area contributed by atoms with Crippen molar-refractivity contribution in [2.24, 2.45) is 0 Å². The molecule has 17 heavy (non-hydrogen) atoms. The van der Waals surface area contributed by atoms with E-state index in [0.717, 1.165) is 16.6 Å². The monoisotopic (exact) mass is 226 g/mol. The van der Waals surface area contributed by atoms with Crippen LogP contribution in [0.4, 0.5) is 0 Å². The first kappa shape index (κ1) is 11.3. The molecule has 0 atom stereocenters. The van der Waals surface area contributed by atoms with Crippen LogP contribution < -0.4 is 5.32 Å². The van der Waals surface area contributed by atoms with Gasteiger partial charge in [-0.3, -0.25) is 4.79 Å². The van der Waals surface area contributed by atoms with Crippen LogP contribution in [0.2, 0.25) is 0 Å². The fourth-order valence-electron chi connectivity index (χ4n) is 1.91. The third-order valence-corrected chi connectivity index (χ3v) is 2.71. The van der Waals surface area contributed by atoms with Crippen molar-refractivity contribution < 1.29 is 4.79 Å². The average Bonchev–Trinajstić information content (AvgIpc) is 2.64. The highest BCUT2D eigenvalue weighted by molar-refractivity contribution is 5.84. The molecule has 0 aliphatic rings. The van der Waals surface area contributed by atoms with Crippen molar-refractivity contribution in [3.8, 4) is 12.3 Å². The first-order valence-electron chi connectivity index (χ1n) is 5.47. The van der Waals surface area contributed by atoms with Gasteiger partial charge in [-0.15, -0.1) is 6.42 Å². The number of carbonyl (C=O) groups is 1. The normalized spacial score (nSPS) is 10.1. The van der Waals surface area contributed by atoms with E-state index in [9.17, 15) is 4.79 Å². The zero-order valence-corrected chi connectivity index (χ0v) is 9.73. The molecule has 86 valence electrons. The maximum atomic E-state index is 11.6. The molecule has 1 amide bonds. The number of amides is 1. The Morgan fingerprint density at radius 1 is 1.47 bits per heavy atom. The molecule has 0 saturated heterocycles. The van der Waals surface area contributed by atoms with E-state index in [2.05, 4.69) is 17.3 Å². The van der Waals surface area contributed by atoms with Crippen LogP contribution in [-0.4, -0.2) is 17.0 Å². The highest BCUT2D eigenvalue weighted by Gasteiger charge is 2.08. The number of para-hydroxylation sites is 1. The van der Waals surface area contributed by atoms with Crippen molar-refractivity contribution >= 4 is 16.8 Å². The molecule has 0 unspecified atom stereocenters. The van der Waals surface area contributed by atoms with Gasteiger partial charge in [0.05, 0.1) is 6.54 Å². The lowest BCUT2D eigenvalue weighted by Gasteiger charge is -2.07. The summed E-state index contributed by atoms with van der Waals surface area (Å²) >= 11 is 0. The second-order valence-corrected chi connectivity index (χ2v) is 3.91. The van der Waals surface area contributed by atoms with Crippen LogP contribution in [0, 0.1) is 19.3 Å². The van der Waals surface area contributed by atoms with Crippen LogP contribution in [0.3, 0.4) is 0 Å². The van der Waals surface area contributed by atoms with E-state index in [0.29, 0.717) is 6.54 Å². The van der Waals surface area contributed by atoms with Gasteiger partial charge in [0.25, 0.3) is 0 Å². The van der Waals surface area contributed by atoms with Gasteiger partial charge in [-0.05, 0) is 24.4 Å². The van der Waals surface area contributed by atoms with Crippen LogP contribution in [0.15, 0.2) is 30.3 Å². The molecule has 1 N–H and O–H groups in total. The van der Waals surface area contributed by atoms with Crippen LogP contribution in [0.1, 0.15) is 5.69 Å². The molecule has 0 aliphatic heterocycles. The zero-order chi connectivity index (χ0) is 12.3. The molecule has 0 aliphatic carbocycles. The Morgan fingerprint density at radius 2 is 2.24 bits per heavy atom. The second-order valence-electron chi connectivity index (χ2n) is 3.91. The van der Waals surface area contributed by atoms with Gasteiger partial charge in [-0.2, -0.15) is 0 Å². The molecule has 0 bridgehead atoms. The van der Waals surface area contributed by atoms with Crippen LogP contribution in [0.25, 0.3) is 10.9 Å². The summed E-state index contributed by atoms with van der Waals surface area (Å²) in [5.74, 6) is 2.33. The lowest BCUT2D eigenvalue weighted by atomic mass is 10.2. The van der Waals surface area contributed by atoms with Crippen molar-refractivity contribution in [1.29, 1.82) is 0 Å². The minimum absolute atomic E-state index is 0.0626. The molecule has 3 nitrogen and oxygen atoms in total. The smallest absolute Gasteiger partial charge is 0.240 e. The topological polar surface area (TPSA) is 34.0 Å². The van der Waals surface area contributed by atoms with Gasteiger partial charge in [0.15, 0.2) is 0 Å². The van der Waals surface area contributed by atoms with Crippen LogP contribution in [0.5, 0.6) is 0 Å².